The van der Waals surface area contributed by atoms with Crippen molar-refractivity contribution in [1.29, 1.82) is 0 Å². The quantitative estimate of drug-likeness (QED) is 0.372. The van der Waals surface area contributed by atoms with Crippen molar-refractivity contribution in [2.45, 2.75) is 45.3 Å². The third-order valence-electron chi connectivity index (χ3n) is 6.81. The topological polar surface area (TPSA) is 117 Å². The minimum Gasteiger partial charge on any atom is -0.497 e. The Morgan fingerprint density at radius 3 is 2.31 bits per heavy atom. The highest BCUT2D eigenvalue weighted by molar-refractivity contribution is 6.05. The Labute approximate surface area is 200 Å². The van der Waals surface area contributed by atoms with Gasteiger partial charge >= 0.3 is 5.69 Å². The molecule has 10 nitrogen and oxygen atoms in total. The average molecular weight is 475 g/mol. The molecule has 2 aliphatic carbocycles. The maximum absolute atomic E-state index is 13.7. The van der Waals surface area contributed by atoms with E-state index < -0.39 is 11.3 Å². The van der Waals surface area contributed by atoms with Gasteiger partial charge < -0.3 is 14.3 Å². The molecule has 2 fully saturated rings. The maximum Gasteiger partial charge on any atom is 0.332 e. The van der Waals surface area contributed by atoms with E-state index in [0.717, 1.165) is 31.2 Å². The van der Waals surface area contributed by atoms with E-state index in [1.807, 2.05) is 24.3 Å². The predicted octanol–water partition coefficient (Wildman–Crippen LogP) is 2.19. The predicted molar refractivity (Wildman–Crippen MR) is 128 cm³/mol. The number of benzene rings is 1. The molecular formula is C25H26N6O4. The molecule has 0 saturated heterocycles. The second-order valence-electron chi connectivity index (χ2n) is 9.50. The van der Waals surface area contributed by atoms with Crippen LogP contribution in [0.2, 0.25) is 0 Å². The lowest BCUT2D eigenvalue weighted by Gasteiger charge is -2.13. The fourth-order valence-electron chi connectivity index (χ4n) is 4.47. The molecule has 2 aliphatic rings. The monoisotopic (exact) mass is 474 g/mol. The minimum atomic E-state index is -0.432. The molecule has 3 heterocycles. The Kier molecular flexibility index (Phi) is 5.16. The standard InChI is InChI=1S/C25H26N6O4/c1-35-18-8-6-17(7-9-18)12-29-19-22(28-23(29)20(32)21-26-10-11-27-21)30(13-15-2-3-15)25(34)31(24(19)33)14-16-4-5-16/h6-11,15-16H,2-5,12-14H2,1H3,(H,26,27). The Hall–Kier alpha value is -3.95. The first kappa shape index (κ1) is 21.6. The van der Waals surface area contributed by atoms with Crippen LogP contribution in [0, 0.1) is 11.8 Å². The number of methoxy groups -OCH3 is 1. The lowest BCUT2D eigenvalue weighted by atomic mass is 10.2. The van der Waals surface area contributed by atoms with Crippen molar-refractivity contribution >= 4 is 16.9 Å². The minimum absolute atomic E-state index is 0.0796. The number of hydrogen-bond donors (Lipinski definition) is 1. The Morgan fingerprint density at radius 1 is 1.03 bits per heavy atom. The number of ether oxygens (including phenoxy) is 1. The summed E-state index contributed by atoms with van der Waals surface area (Å²) >= 11 is 0. The Bertz CT molecular complexity index is 1520. The van der Waals surface area contributed by atoms with Crippen molar-refractivity contribution in [3.8, 4) is 5.75 Å². The van der Waals surface area contributed by atoms with E-state index in [4.69, 9.17) is 4.74 Å². The van der Waals surface area contributed by atoms with E-state index in [2.05, 4.69) is 15.0 Å². The van der Waals surface area contributed by atoms with E-state index in [0.29, 0.717) is 30.7 Å². The fourth-order valence-corrected chi connectivity index (χ4v) is 4.47. The van der Waals surface area contributed by atoms with Gasteiger partial charge in [0.2, 0.25) is 0 Å². The van der Waals surface area contributed by atoms with Crippen molar-refractivity contribution < 1.29 is 9.53 Å². The number of H-pyrrole nitrogens is 1. The van der Waals surface area contributed by atoms with Gasteiger partial charge in [0.15, 0.2) is 22.8 Å². The molecule has 1 N–H and O–H groups in total. The zero-order valence-corrected chi connectivity index (χ0v) is 19.4. The number of rotatable bonds is 9. The SMILES string of the molecule is COc1ccc(Cn2c(C(=O)c3ncc[nH]3)nc3c2c(=O)n(CC2CC2)c(=O)n3CC2CC2)cc1. The van der Waals surface area contributed by atoms with Crippen LogP contribution >= 0.6 is 0 Å². The first-order chi connectivity index (χ1) is 17.0. The van der Waals surface area contributed by atoms with Crippen LogP contribution in [0.15, 0.2) is 46.2 Å². The van der Waals surface area contributed by atoms with Crippen LogP contribution in [0.25, 0.3) is 11.2 Å². The number of carbonyl (C=O) groups is 1. The molecule has 4 aromatic rings. The number of ketones is 1. The highest BCUT2D eigenvalue weighted by Crippen LogP contribution is 2.32. The van der Waals surface area contributed by atoms with E-state index in [9.17, 15) is 14.4 Å². The summed E-state index contributed by atoms with van der Waals surface area (Å²) in [5, 5.41) is 0. The molecule has 6 rings (SSSR count). The summed E-state index contributed by atoms with van der Waals surface area (Å²) in [6, 6.07) is 7.43. The van der Waals surface area contributed by atoms with Crippen molar-refractivity contribution in [3.05, 3.63) is 74.7 Å². The molecule has 10 heteroatoms. The molecule has 0 bridgehead atoms. The smallest absolute Gasteiger partial charge is 0.332 e. The van der Waals surface area contributed by atoms with Crippen molar-refractivity contribution in [2.24, 2.45) is 11.8 Å². The first-order valence-electron chi connectivity index (χ1n) is 11.9. The highest BCUT2D eigenvalue weighted by atomic mass is 16.5. The Balaban J connectivity index is 1.58. The van der Waals surface area contributed by atoms with Gasteiger partial charge in [-0.2, -0.15) is 0 Å². The molecule has 0 spiro atoms. The molecule has 180 valence electrons. The van der Waals surface area contributed by atoms with Crippen LogP contribution in [0.5, 0.6) is 5.75 Å². The molecule has 0 atom stereocenters. The summed E-state index contributed by atoms with van der Waals surface area (Å²) in [4.78, 5) is 52.1. The van der Waals surface area contributed by atoms with Crippen LogP contribution in [-0.2, 0) is 19.6 Å². The summed E-state index contributed by atoms with van der Waals surface area (Å²) in [5.41, 5.74) is 0.668. The number of nitrogens with one attached hydrogen (secondary N) is 1. The van der Waals surface area contributed by atoms with Crippen LogP contribution < -0.4 is 16.0 Å². The number of hydrogen-bond acceptors (Lipinski definition) is 6. The molecular weight excluding hydrogens is 448 g/mol. The molecule has 35 heavy (non-hydrogen) atoms. The number of imidazole rings is 2. The van der Waals surface area contributed by atoms with Gasteiger partial charge in [0.05, 0.1) is 13.7 Å². The van der Waals surface area contributed by atoms with Gasteiger partial charge in [-0.3, -0.25) is 18.7 Å². The van der Waals surface area contributed by atoms with Crippen LogP contribution in [0.3, 0.4) is 0 Å². The highest BCUT2D eigenvalue weighted by Gasteiger charge is 2.31. The lowest BCUT2D eigenvalue weighted by Crippen LogP contribution is -2.41. The van der Waals surface area contributed by atoms with Gasteiger partial charge in [-0.15, -0.1) is 0 Å². The lowest BCUT2D eigenvalue weighted by molar-refractivity contribution is 0.101. The number of fused-ring (bicyclic) bond motifs is 1. The maximum atomic E-state index is 13.7. The Morgan fingerprint density at radius 2 is 1.71 bits per heavy atom. The summed E-state index contributed by atoms with van der Waals surface area (Å²) in [7, 11) is 1.60. The van der Waals surface area contributed by atoms with Crippen LogP contribution in [-0.4, -0.2) is 41.5 Å². The molecule has 3 aromatic heterocycles. The third-order valence-corrected chi connectivity index (χ3v) is 6.81. The average Bonchev–Trinajstić information content (AvgIpc) is 3.78. The van der Waals surface area contributed by atoms with Crippen molar-refractivity contribution in [2.75, 3.05) is 7.11 Å². The van der Waals surface area contributed by atoms with Crippen LogP contribution in [0.4, 0.5) is 0 Å². The zero-order valence-electron chi connectivity index (χ0n) is 19.4. The molecule has 0 radical (unpaired) electrons. The second kappa shape index (κ2) is 8.37. The summed E-state index contributed by atoms with van der Waals surface area (Å²) in [6.45, 7) is 1.13. The molecule has 0 amide bonds. The number of aromatic amines is 1. The van der Waals surface area contributed by atoms with Crippen molar-refractivity contribution in [1.82, 2.24) is 28.7 Å². The van der Waals surface area contributed by atoms with E-state index in [1.54, 1.807) is 22.4 Å². The molecule has 0 aliphatic heterocycles. The van der Waals surface area contributed by atoms with E-state index in [1.165, 1.54) is 10.8 Å². The first-order valence-corrected chi connectivity index (χ1v) is 11.9. The van der Waals surface area contributed by atoms with E-state index in [-0.39, 0.29) is 35.0 Å². The fraction of sp³-hybridized carbons (Fsp3) is 0.400. The van der Waals surface area contributed by atoms with E-state index >= 15 is 0 Å². The number of nitrogens with zero attached hydrogens (tertiary/aromatic N) is 5. The zero-order chi connectivity index (χ0) is 24.1. The van der Waals surface area contributed by atoms with Gasteiger partial charge in [-0.1, -0.05) is 12.1 Å². The summed E-state index contributed by atoms with van der Waals surface area (Å²) < 4.78 is 9.83. The normalized spacial score (nSPS) is 15.6. The van der Waals surface area contributed by atoms with Gasteiger partial charge in [0.1, 0.15) is 5.75 Å². The number of aromatic nitrogens is 6. The molecule has 1 aromatic carbocycles. The van der Waals surface area contributed by atoms with Crippen LogP contribution in [0.1, 0.15) is 47.7 Å². The summed E-state index contributed by atoms with van der Waals surface area (Å²) in [5.74, 6) is 1.22. The van der Waals surface area contributed by atoms with Gasteiger partial charge in [0, 0.05) is 25.5 Å². The van der Waals surface area contributed by atoms with Gasteiger partial charge in [0.25, 0.3) is 11.3 Å². The van der Waals surface area contributed by atoms with Gasteiger partial charge in [-0.05, 0) is 55.2 Å². The summed E-state index contributed by atoms with van der Waals surface area (Å²) in [6.07, 6.45) is 7.17. The van der Waals surface area contributed by atoms with Gasteiger partial charge in [-0.25, -0.2) is 14.8 Å². The molecule has 0 unspecified atom stereocenters. The molecule has 2 saturated carbocycles. The largest absolute Gasteiger partial charge is 0.497 e. The second-order valence-corrected chi connectivity index (χ2v) is 9.50. The van der Waals surface area contributed by atoms with Crippen molar-refractivity contribution in [3.63, 3.8) is 0 Å². The third kappa shape index (κ3) is 3.98. The number of carbonyl (C=O) groups excluding carboxylic acids is 1.